The Morgan fingerprint density at radius 1 is 1.03 bits per heavy atom. The molecule has 1 aromatic heterocycles. The predicted molar refractivity (Wildman–Crippen MR) is 111 cm³/mol. The molecule has 2 heterocycles. The minimum atomic E-state index is -0.510. The largest absolute Gasteiger partial charge is 0.371 e. The van der Waals surface area contributed by atoms with Gasteiger partial charge in [-0.3, -0.25) is 14.6 Å². The Labute approximate surface area is 167 Å². The number of anilines is 2. The van der Waals surface area contributed by atoms with E-state index in [0.717, 1.165) is 32.4 Å². The highest BCUT2D eigenvalue weighted by atomic mass is 19.1. The molecule has 7 heteroatoms. The van der Waals surface area contributed by atoms with Crippen LogP contribution in [-0.4, -0.2) is 29.9 Å². The van der Waals surface area contributed by atoms with Crippen LogP contribution in [0.4, 0.5) is 15.8 Å². The van der Waals surface area contributed by atoms with Crippen LogP contribution < -0.4 is 16.0 Å². The molecule has 1 saturated heterocycles. The summed E-state index contributed by atoms with van der Waals surface area (Å²) < 4.78 is 14.0. The molecule has 0 spiro atoms. The third-order valence-electron chi connectivity index (χ3n) is 5.13. The zero-order valence-electron chi connectivity index (χ0n) is 15.8. The summed E-state index contributed by atoms with van der Waals surface area (Å²) in [7, 11) is 0. The second kappa shape index (κ2) is 7.87. The fourth-order valence-electron chi connectivity index (χ4n) is 3.74. The predicted octanol–water partition coefficient (Wildman–Crippen LogP) is 3.72. The third kappa shape index (κ3) is 3.89. The molecule has 6 nitrogen and oxygen atoms in total. The van der Waals surface area contributed by atoms with Crippen molar-refractivity contribution in [2.24, 2.45) is 5.73 Å². The molecule has 1 aliphatic heterocycles. The third-order valence-corrected chi connectivity index (χ3v) is 5.13. The molecule has 0 unspecified atom stereocenters. The van der Waals surface area contributed by atoms with E-state index >= 15 is 0 Å². The van der Waals surface area contributed by atoms with E-state index in [1.807, 2.05) is 0 Å². The van der Waals surface area contributed by atoms with Gasteiger partial charge in [0.2, 0.25) is 0 Å². The summed E-state index contributed by atoms with van der Waals surface area (Å²) in [6.07, 6.45) is 4.79. The Morgan fingerprint density at radius 2 is 1.83 bits per heavy atom. The van der Waals surface area contributed by atoms with E-state index in [-0.39, 0.29) is 5.56 Å². The van der Waals surface area contributed by atoms with Crippen molar-refractivity contribution >= 4 is 34.1 Å². The normalized spacial score (nSPS) is 14.0. The number of nitrogens with two attached hydrogens (primary N) is 1. The summed E-state index contributed by atoms with van der Waals surface area (Å²) in [6.45, 7) is 1.66. The van der Waals surface area contributed by atoms with E-state index < -0.39 is 17.6 Å². The molecule has 2 aromatic carbocycles. The second-order valence-electron chi connectivity index (χ2n) is 7.13. The zero-order chi connectivity index (χ0) is 20.4. The van der Waals surface area contributed by atoms with E-state index in [2.05, 4.69) is 15.2 Å². The lowest BCUT2D eigenvalue weighted by molar-refractivity contribution is 0.0998. The molecular formula is C22H21FN4O2. The molecule has 0 atom stereocenters. The van der Waals surface area contributed by atoms with Gasteiger partial charge in [-0.25, -0.2) is 4.39 Å². The number of halogens is 1. The highest BCUT2D eigenvalue weighted by molar-refractivity contribution is 6.12. The summed E-state index contributed by atoms with van der Waals surface area (Å²) in [6, 6.07) is 10.9. The number of pyridine rings is 1. The van der Waals surface area contributed by atoms with Gasteiger partial charge >= 0.3 is 0 Å². The number of amides is 2. The van der Waals surface area contributed by atoms with E-state index in [1.54, 1.807) is 36.5 Å². The molecule has 0 radical (unpaired) electrons. The van der Waals surface area contributed by atoms with E-state index in [9.17, 15) is 14.0 Å². The fourth-order valence-corrected chi connectivity index (χ4v) is 3.74. The Bertz CT molecular complexity index is 1090. The van der Waals surface area contributed by atoms with Gasteiger partial charge in [0.15, 0.2) is 0 Å². The van der Waals surface area contributed by atoms with Gasteiger partial charge in [-0.15, -0.1) is 0 Å². The van der Waals surface area contributed by atoms with Crippen molar-refractivity contribution in [2.75, 3.05) is 23.3 Å². The van der Waals surface area contributed by atoms with Gasteiger partial charge in [0, 0.05) is 30.4 Å². The first-order valence-electron chi connectivity index (χ1n) is 9.57. The average molecular weight is 392 g/mol. The monoisotopic (exact) mass is 392 g/mol. The van der Waals surface area contributed by atoms with Crippen LogP contribution in [-0.2, 0) is 0 Å². The van der Waals surface area contributed by atoms with E-state index in [0.29, 0.717) is 27.8 Å². The van der Waals surface area contributed by atoms with Crippen LogP contribution in [0.2, 0.25) is 0 Å². The van der Waals surface area contributed by atoms with Crippen LogP contribution in [0, 0.1) is 5.82 Å². The van der Waals surface area contributed by atoms with Crippen molar-refractivity contribution in [2.45, 2.75) is 19.3 Å². The number of primary amides is 1. The number of nitrogens with zero attached hydrogens (tertiary/aromatic N) is 2. The number of piperidine rings is 1. The van der Waals surface area contributed by atoms with Gasteiger partial charge in [-0.05, 0) is 55.7 Å². The highest BCUT2D eigenvalue weighted by Gasteiger charge is 2.19. The topological polar surface area (TPSA) is 88.3 Å². The van der Waals surface area contributed by atoms with Crippen molar-refractivity contribution in [1.29, 1.82) is 0 Å². The van der Waals surface area contributed by atoms with Crippen molar-refractivity contribution in [3.05, 3.63) is 65.6 Å². The van der Waals surface area contributed by atoms with Gasteiger partial charge < -0.3 is 16.0 Å². The first kappa shape index (κ1) is 18.9. The van der Waals surface area contributed by atoms with Crippen LogP contribution in [0.5, 0.6) is 0 Å². The highest BCUT2D eigenvalue weighted by Crippen LogP contribution is 2.28. The number of nitrogens with one attached hydrogen (secondary N) is 1. The van der Waals surface area contributed by atoms with E-state index in [1.165, 1.54) is 12.1 Å². The SMILES string of the molecule is NC(=O)c1ccc(NC(=O)c2cc(F)cc3cccnc23)cc1N1CCCCC1. The summed E-state index contributed by atoms with van der Waals surface area (Å²) in [4.78, 5) is 31.1. The Morgan fingerprint density at radius 3 is 2.59 bits per heavy atom. The Kier molecular flexibility index (Phi) is 5.12. The first-order valence-corrected chi connectivity index (χ1v) is 9.57. The molecule has 3 N–H and O–H groups in total. The Balaban J connectivity index is 1.68. The number of hydrogen-bond donors (Lipinski definition) is 2. The summed E-state index contributed by atoms with van der Waals surface area (Å²) in [5, 5.41) is 3.35. The van der Waals surface area contributed by atoms with Crippen LogP contribution in [0.15, 0.2) is 48.7 Å². The van der Waals surface area contributed by atoms with Gasteiger partial charge in [0.1, 0.15) is 5.82 Å². The number of carbonyl (C=O) groups is 2. The zero-order valence-corrected chi connectivity index (χ0v) is 15.8. The maximum absolute atomic E-state index is 14.0. The smallest absolute Gasteiger partial charge is 0.257 e. The number of fused-ring (bicyclic) bond motifs is 1. The van der Waals surface area contributed by atoms with Gasteiger partial charge in [0.25, 0.3) is 11.8 Å². The minimum Gasteiger partial charge on any atom is -0.371 e. The molecule has 148 valence electrons. The summed E-state index contributed by atoms with van der Waals surface area (Å²) in [5.74, 6) is -1.48. The van der Waals surface area contributed by atoms with Crippen molar-refractivity contribution in [3.63, 3.8) is 0 Å². The lowest BCUT2D eigenvalue weighted by atomic mass is 10.1. The van der Waals surface area contributed by atoms with Gasteiger partial charge in [-0.2, -0.15) is 0 Å². The second-order valence-corrected chi connectivity index (χ2v) is 7.13. The molecule has 0 bridgehead atoms. The van der Waals surface area contributed by atoms with Crippen molar-refractivity contribution < 1.29 is 14.0 Å². The average Bonchev–Trinajstić information content (AvgIpc) is 2.73. The van der Waals surface area contributed by atoms with Crippen LogP contribution >= 0.6 is 0 Å². The van der Waals surface area contributed by atoms with Crippen LogP contribution in [0.25, 0.3) is 10.9 Å². The fraction of sp³-hybridized carbons (Fsp3) is 0.227. The standard InChI is InChI=1S/C22H21FN4O2/c23-15-11-14-5-4-8-25-20(14)18(12-15)22(29)26-16-6-7-17(21(24)28)19(13-16)27-9-2-1-3-10-27/h4-8,11-13H,1-3,9-10H2,(H2,24,28)(H,26,29). The molecule has 0 aliphatic carbocycles. The first-order chi connectivity index (χ1) is 14.0. The number of carbonyl (C=O) groups excluding carboxylic acids is 2. The molecular weight excluding hydrogens is 371 g/mol. The lowest BCUT2D eigenvalue weighted by Gasteiger charge is -2.30. The molecule has 29 heavy (non-hydrogen) atoms. The maximum atomic E-state index is 14.0. The maximum Gasteiger partial charge on any atom is 0.257 e. The molecule has 1 aliphatic rings. The number of hydrogen-bond acceptors (Lipinski definition) is 4. The molecule has 4 rings (SSSR count). The van der Waals surface area contributed by atoms with Crippen LogP contribution in [0.1, 0.15) is 40.0 Å². The molecule has 3 aromatic rings. The molecule has 0 saturated carbocycles. The summed E-state index contributed by atoms with van der Waals surface area (Å²) >= 11 is 0. The lowest BCUT2D eigenvalue weighted by Crippen LogP contribution is -2.31. The van der Waals surface area contributed by atoms with Crippen LogP contribution in [0.3, 0.4) is 0 Å². The van der Waals surface area contributed by atoms with Gasteiger partial charge in [-0.1, -0.05) is 6.07 Å². The number of aromatic nitrogens is 1. The minimum absolute atomic E-state index is 0.152. The van der Waals surface area contributed by atoms with Crippen molar-refractivity contribution in [3.8, 4) is 0 Å². The Hall–Kier alpha value is -3.48. The van der Waals surface area contributed by atoms with Crippen molar-refractivity contribution in [1.82, 2.24) is 4.98 Å². The van der Waals surface area contributed by atoms with Gasteiger partial charge in [0.05, 0.1) is 22.3 Å². The summed E-state index contributed by atoms with van der Waals surface area (Å²) in [5.41, 5.74) is 7.75. The van der Waals surface area contributed by atoms with E-state index in [4.69, 9.17) is 5.73 Å². The number of benzene rings is 2. The number of rotatable bonds is 4. The molecule has 2 amide bonds. The quantitative estimate of drug-likeness (QED) is 0.708. The molecule has 1 fully saturated rings.